The molecule has 1 aliphatic rings. The van der Waals surface area contributed by atoms with Crippen LogP contribution in [0.15, 0.2) is 23.1 Å². The number of hydrogen-bond donors (Lipinski definition) is 2. The second-order valence-electron chi connectivity index (χ2n) is 6.33. The van der Waals surface area contributed by atoms with Gasteiger partial charge >= 0.3 is 0 Å². The van der Waals surface area contributed by atoms with Crippen molar-refractivity contribution >= 4 is 34.0 Å². The highest BCUT2D eigenvalue weighted by molar-refractivity contribution is 7.89. The average Bonchev–Trinajstić information content (AvgIpc) is 2.98. The predicted octanol–water partition coefficient (Wildman–Crippen LogP) is 2.19. The van der Waals surface area contributed by atoms with Crippen LogP contribution >= 0.6 is 24.0 Å². The molecule has 1 atom stereocenters. The zero-order chi connectivity index (χ0) is 17.1. The van der Waals surface area contributed by atoms with Gasteiger partial charge in [-0.3, -0.25) is 0 Å². The van der Waals surface area contributed by atoms with Gasteiger partial charge in [-0.15, -0.1) is 12.4 Å². The minimum Gasteiger partial charge on any atom is -0.492 e. The molecule has 1 fully saturated rings. The summed E-state index contributed by atoms with van der Waals surface area (Å²) in [6, 6.07) is 4.56. The number of nitrogens with one attached hydrogen (secondary N) is 1. The van der Waals surface area contributed by atoms with Gasteiger partial charge in [-0.2, -0.15) is 0 Å². The van der Waals surface area contributed by atoms with E-state index in [2.05, 4.69) is 4.72 Å². The molecule has 138 valence electrons. The SMILES string of the molecule is CC(C)(CN)NS(=O)(=O)c1cc(Cl)ccc1OCC1CCOC1.Cl. The summed E-state index contributed by atoms with van der Waals surface area (Å²) in [4.78, 5) is 0.0189. The molecular weight excluding hydrogens is 375 g/mol. The Morgan fingerprint density at radius 3 is 2.75 bits per heavy atom. The molecule has 0 amide bonds. The maximum atomic E-state index is 12.6. The fraction of sp³-hybridized carbons (Fsp3) is 0.600. The summed E-state index contributed by atoms with van der Waals surface area (Å²) in [5.74, 6) is 0.552. The standard InChI is InChI=1S/C15H23ClN2O4S.ClH/c1-15(2,10-17)18-23(19,20)14-7-12(16)3-4-13(14)22-9-11-5-6-21-8-11;/h3-4,7,11,18H,5-6,8-10,17H2,1-2H3;1H. The van der Waals surface area contributed by atoms with Gasteiger partial charge in [-0.1, -0.05) is 11.6 Å². The van der Waals surface area contributed by atoms with Crippen LogP contribution in [-0.4, -0.2) is 40.3 Å². The Morgan fingerprint density at radius 1 is 1.46 bits per heavy atom. The summed E-state index contributed by atoms with van der Waals surface area (Å²) in [5.41, 5.74) is 4.84. The fourth-order valence-electron chi connectivity index (χ4n) is 2.19. The minimum absolute atomic E-state index is 0. The molecule has 24 heavy (non-hydrogen) atoms. The zero-order valence-electron chi connectivity index (χ0n) is 13.7. The number of nitrogens with two attached hydrogens (primary N) is 1. The molecule has 0 aliphatic carbocycles. The highest BCUT2D eigenvalue weighted by Crippen LogP contribution is 2.29. The Kier molecular flexibility index (Phi) is 7.77. The van der Waals surface area contributed by atoms with Crippen molar-refractivity contribution in [3.8, 4) is 5.75 Å². The van der Waals surface area contributed by atoms with Crippen molar-refractivity contribution in [3.63, 3.8) is 0 Å². The monoisotopic (exact) mass is 398 g/mol. The normalized spacial score (nSPS) is 18.2. The molecule has 1 aromatic carbocycles. The first-order valence-corrected chi connectivity index (χ1v) is 9.34. The van der Waals surface area contributed by atoms with Crippen molar-refractivity contribution in [1.29, 1.82) is 0 Å². The molecule has 1 aromatic rings. The summed E-state index contributed by atoms with van der Waals surface area (Å²) in [7, 11) is -3.80. The lowest BCUT2D eigenvalue weighted by atomic mass is 10.1. The zero-order valence-corrected chi connectivity index (χ0v) is 16.1. The van der Waals surface area contributed by atoms with E-state index in [0.29, 0.717) is 24.8 Å². The topological polar surface area (TPSA) is 90.7 Å². The first-order valence-electron chi connectivity index (χ1n) is 7.48. The van der Waals surface area contributed by atoms with Crippen molar-refractivity contribution in [2.24, 2.45) is 11.7 Å². The van der Waals surface area contributed by atoms with E-state index in [9.17, 15) is 8.42 Å². The van der Waals surface area contributed by atoms with E-state index in [1.165, 1.54) is 6.07 Å². The second kappa shape index (κ2) is 8.69. The molecule has 0 radical (unpaired) electrons. The molecule has 1 heterocycles. The van der Waals surface area contributed by atoms with E-state index in [0.717, 1.165) is 6.42 Å². The second-order valence-corrected chi connectivity index (χ2v) is 8.41. The third-order valence-electron chi connectivity index (χ3n) is 3.61. The Labute approximate surface area is 154 Å². The lowest BCUT2D eigenvalue weighted by Crippen LogP contribution is -2.48. The van der Waals surface area contributed by atoms with Crippen LogP contribution < -0.4 is 15.2 Å². The fourth-order valence-corrected chi connectivity index (χ4v) is 4.03. The number of rotatable bonds is 7. The largest absolute Gasteiger partial charge is 0.492 e. The third kappa shape index (κ3) is 5.75. The van der Waals surface area contributed by atoms with Crippen LogP contribution in [-0.2, 0) is 14.8 Å². The van der Waals surface area contributed by atoms with Crippen LogP contribution in [0.25, 0.3) is 0 Å². The summed E-state index contributed by atoms with van der Waals surface area (Å²) >= 11 is 5.96. The van der Waals surface area contributed by atoms with Gasteiger partial charge in [0.05, 0.1) is 13.2 Å². The van der Waals surface area contributed by atoms with Gasteiger partial charge in [-0.25, -0.2) is 13.1 Å². The molecule has 9 heteroatoms. The highest BCUT2D eigenvalue weighted by Gasteiger charge is 2.28. The molecule has 0 bridgehead atoms. The van der Waals surface area contributed by atoms with E-state index in [-0.39, 0.29) is 35.5 Å². The van der Waals surface area contributed by atoms with Crippen LogP contribution in [0.2, 0.25) is 5.02 Å². The molecule has 3 N–H and O–H groups in total. The van der Waals surface area contributed by atoms with E-state index >= 15 is 0 Å². The van der Waals surface area contributed by atoms with Gasteiger partial charge < -0.3 is 15.2 Å². The van der Waals surface area contributed by atoms with E-state index < -0.39 is 15.6 Å². The van der Waals surface area contributed by atoms with Crippen molar-refractivity contribution in [2.45, 2.75) is 30.7 Å². The quantitative estimate of drug-likeness (QED) is 0.734. The van der Waals surface area contributed by atoms with Crippen LogP contribution in [0.1, 0.15) is 20.3 Å². The van der Waals surface area contributed by atoms with Gasteiger partial charge in [0.2, 0.25) is 10.0 Å². The Morgan fingerprint density at radius 2 is 2.17 bits per heavy atom. The molecule has 1 unspecified atom stereocenters. The third-order valence-corrected chi connectivity index (χ3v) is 5.57. The van der Waals surface area contributed by atoms with Crippen LogP contribution in [0, 0.1) is 5.92 Å². The van der Waals surface area contributed by atoms with Gasteiger partial charge in [0.15, 0.2) is 0 Å². The van der Waals surface area contributed by atoms with Gasteiger partial charge in [0.25, 0.3) is 0 Å². The lowest BCUT2D eigenvalue weighted by Gasteiger charge is -2.24. The maximum absolute atomic E-state index is 12.6. The number of sulfonamides is 1. The summed E-state index contributed by atoms with van der Waals surface area (Å²) in [5, 5.41) is 0.326. The average molecular weight is 399 g/mol. The van der Waals surface area contributed by atoms with Crippen molar-refractivity contribution in [1.82, 2.24) is 4.72 Å². The van der Waals surface area contributed by atoms with Gasteiger partial charge in [0, 0.05) is 29.6 Å². The maximum Gasteiger partial charge on any atom is 0.244 e. The number of hydrogen-bond acceptors (Lipinski definition) is 5. The van der Waals surface area contributed by atoms with E-state index in [4.69, 9.17) is 26.8 Å². The molecule has 0 saturated carbocycles. The first-order chi connectivity index (χ1) is 10.7. The molecule has 0 spiro atoms. The molecular formula is C15H24Cl2N2O4S. The lowest BCUT2D eigenvalue weighted by molar-refractivity contribution is 0.166. The molecule has 1 saturated heterocycles. The molecule has 1 aliphatic heterocycles. The summed E-state index contributed by atoms with van der Waals surface area (Å²) in [6.07, 6.45) is 0.911. The molecule has 0 aromatic heterocycles. The number of halogens is 2. The Bertz CT molecular complexity index is 647. The summed E-state index contributed by atoms with van der Waals surface area (Å²) < 4.78 is 38.9. The molecule has 2 rings (SSSR count). The first kappa shape index (κ1) is 21.5. The van der Waals surface area contributed by atoms with Crippen molar-refractivity contribution < 1.29 is 17.9 Å². The van der Waals surface area contributed by atoms with Crippen LogP contribution in [0.3, 0.4) is 0 Å². The highest BCUT2D eigenvalue weighted by atomic mass is 35.5. The molecule has 6 nitrogen and oxygen atoms in total. The van der Waals surface area contributed by atoms with E-state index in [1.54, 1.807) is 26.0 Å². The van der Waals surface area contributed by atoms with Crippen LogP contribution in [0.4, 0.5) is 0 Å². The smallest absolute Gasteiger partial charge is 0.244 e. The summed E-state index contributed by atoms with van der Waals surface area (Å²) in [6.45, 7) is 5.35. The predicted molar refractivity (Wildman–Crippen MR) is 96.6 cm³/mol. The van der Waals surface area contributed by atoms with Gasteiger partial charge in [0.1, 0.15) is 10.6 Å². The number of ether oxygens (including phenoxy) is 2. The van der Waals surface area contributed by atoms with Crippen LogP contribution in [0.5, 0.6) is 5.75 Å². The number of benzene rings is 1. The Hall–Kier alpha value is -0.570. The van der Waals surface area contributed by atoms with Crippen molar-refractivity contribution in [2.75, 3.05) is 26.4 Å². The minimum atomic E-state index is -3.80. The van der Waals surface area contributed by atoms with Gasteiger partial charge in [-0.05, 0) is 38.5 Å². The van der Waals surface area contributed by atoms with Crippen molar-refractivity contribution in [3.05, 3.63) is 23.2 Å². The van der Waals surface area contributed by atoms with E-state index in [1.807, 2.05) is 0 Å². The Balaban J connectivity index is 0.00000288.